The van der Waals surface area contributed by atoms with Crippen molar-refractivity contribution in [2.45, 2.75) is 0 Å². The Morgan fingerprint density at radius 2 is 1.90 bits per heavy atom. The largest absolute Gasteiger partial charge is 0.318 e. The van der Waals surface area contributed by atoms with Gasteiger partial charge in [0.25, 0.3) is 0 Å². The van der Waals surface area contributed by atoms with Crippen molar-refractivity contribution in [3.8, 4) is 0 Å². The molecule has 1 aromatic carbocycles. The quantitative estimate of drug-likeness (QED) is 0.490. The second kappa shape index (κ2) is 3.22. The van der Waals surface area contributed by atoms with Crippen LogP contribution in [0.15, 0.2) is 30.3 Å². The molecule has 0 atom stereocenters. The minimum Gasteiger partial charge on any atom is -0.312 e. The van der Waals surface area contributed by atoms with Crippen LogP contribution in [0, 0.1) is 0 Å². The lowest BCUT2D eigenvalue weighted by Crippen LogP contribution is -1.99. The zero-order valence-corrected chi connectivity index (χ0v) is 5.93. The van der Waals surface area contributed by atoms with Gasteiger partial charge in [-0.05, 0) is 23.7 Å². The van der Waals surface area contributed by atoms with Crippen molar-refractivity contribution in [3.63, 3.8) is 0 Å². The van der Waals surface area contributed by atoms with E-state index in [4.69, 9.17) is 11.6 Å². The van der Waals surface area contributed by atoms with E-state index < -0.39 is 5.37 Å². The van der Waals surface area contributed by atoms with Crippen molar-refractivity contribution in [1.29, 1.82) is 0 Å². The van der Waals surface area contributed by atoms with Crippen LogP contribution in [0.4, 0.5) is 10.5 Å². The Balaban J connectivity index is 2.67. The highest BCUT2D eigenvalue weighted by Crippen LogP contribution is 2.05. The smallest absolute Gasteiger partial charge is 0.312 e. The summed E-state index contributed by atoms with van der Waals surface area (Å²) in [5, 5.41) is 1.87. The normalized spacial score (nSPS) is 8.90. The average Bonchev–Trinajstić information content (AvgIpc) is 1.88. The van der Waals surface area contributed by atoms with Crippen LogP contribution in [0.2, 0.25) is 0 Å². The Hall–Kier alpha value is -1.02. The highest BCUT2D eigenvalue weighted by atomic mass is 35.5. The molecule has 0 unspecified atom stereocenters. The van der Waals surface area contributed by atoms with Gasteiger partial charge < -0.3 is 5.32 Å². The maximum absolute atomic E-state index is 10.3. The fourth-order valence-corrected chi connectivity index (χ4v) is 0.744. The number of carbonyl (C=O) groups excluding carboxylic acids is 1. The van der Waals surface area contributed by atoms with Gasteiger partial charge in [-0.15, -0.1) is 0 Å². The van der Waals surface area contributed by atoms with Crippen molar-refractivity contribution >= 4 is 22.7 Å². The summed E-state index contributed by atoms with van der Waals surface area (Å²) in [6.07, 6.45) is 0. The molecule has 10 heavy (non-hydrogen) atoms. The van der Waals surface area contributed by atoms with E-state index in [-0.39, 0.29) is 0 Å². The predicted molar refractivity (Wildman–Crippen MR) is 41.3 cm³/mol. The van der Waals surface area contributed by atoms with Crippen LogP contribution in [-0.4, -0.2) is 5.37 Å². The van der Waals surface area contributed by atoms with Gasteiger partial charge in [-0.1, -0.05) is 18.2 Å². The highest BCUT2D eigenvalue weighted by Gasteiger charge is 1.92. The van der Waals surface area contributed by atoms with Crippen molar-refractivity contribution in [2.75, 3.05) is 5.32 Å². The van der Waals surface area contributed by atoms with E-state index in [9.17, 15) is 4.79 Å². The Morgan fingerprint density at radius 3 is 2.40 bits per heavy atom. The Labute approximate surface area is 63.8 Å². The molecule has 0 aliphatic rings. The summed E-state index contributed by atoms with van der Waals surface area (Å²) >= 11 is 5.06. The van der Waals surface area contributed by atoms with E-state index in [2.05, 4.69) is 5.32 Å². The summed E-state index contributed by atoms with van der Waals surface area (Å²) in [4.78, 5) is 10.3. The average molecular weight is 156 g/mol. The number of halogens is 1. The number of para-hydroxylation sites is 1. The van der Waals surface area contributed by atoms with Gasteiger partial charge in [-0.3, -0.25) is 4.79 Å². The van der Waals surface area contributed by atoms with E-state index in [0.29, 0.717) is 5.69 Å². The third-order valence-electron chi connectivity index (χ3n) is 1.02. The summed E-state index contributed by atoms with van der Waals surface area (Å²) in [5.41, 5.74) is 0.711. The fraction of sp³-hybridized carbons (Fsp3) is 0. The molecule has 0 heterocycles. The lowest BCUT2D eigenvalue weighted by molar-refractivity contribution is 0.269. The van der Waals surface area contributed by atoms with Gasteiger partial charge in [0.1, 0.15) is 0 Å². The fourth-order valence-electron chi connectivity index (χ4n) is 0.635. The summed E-state index contributed by atoms with van der Waals surface area (Å²) in [5.74, 6) is 0. The molecule has 0 aliphatic carbocycles. The van der Waals surface area contributed by atoms with Crippen LogP contribution in [-0.2, 0) is 0 Å². The first-order chi connectivity index (χ1) is 4.79. The van der Waals surface area contributed by atoms with Gasteiger partial charge in [-0.25, -0.2) is 0 Å². The van der Waals surface area contributed by atoms with Gasteiger partial charge in [0.05, 0.1) is 0 Å². The third-order valence-corrected chi connectivity index (χ3v) is 1.11. The molecular weight excluding hydrogens is 150 g/mol. The molecule has 1 aromatic rings. The molecular formula is C7H6ClNO. The molecule has 0 bridgehead atoms. The standard InChI is InChI=1S/C7H6ClNO/c8-7(10)9-6-4-2-1-3-5-6/h1-5H,(H,9,10). The van der Waals surface area contributed by atoms with Crippen LogP contribution < -0.4 is 5.32 Å². The summed E-state index contributed by atoms with van der Waals surface area (Å²) < 4.78 is 0. The number of rotatable bonds is 1. The van der Waals surface area contributed by atoms with Crippen LogP contribution in [0.1, 0.15) is 0 Å². The number of anilines is 1. The van der Waals surface area contributed by atoms with Gasteiger partial charge in [0.2, 0.25) is 0 Å². The van der Waals surface area contributed by atoms with Gasteiger partial charge in [0, 0.05) is 5.69 Å². The number of nitrogens with one attached hydrogen (secondary N) is 1. The molecule has 0 radical (unpaired) electrons. The number of benzene rings is 1. The van der Waals surface area contributed by atoms with Crippen molar-refractivity contribution in [2.24, 2.45) is 0 Å². The van der Waals surface area contributed by atoms with Crippen LogP contribution >= 0.6 is 11.6 Å². The zero-order chi connectivity index (χ0) is 7.40. The molecule has 0 aromatic heterocycles. The topological polar surface area (TPSA) is 29.1 Å². The Bertz CT molecular complexity index is 222. The molecule has 1 amide bonds. The molecule has 1 rings (SSSR count). The molecule has 52 valence electrons. The zero-order valence-electron chi connectivity index (χ0n) is 5.17. The van der Waals surface area contributed by atoms with Crippen molar-refractivity contribution in [3.05, 3.63) is 30.3 Å². The second-order valence-electron chi connectivity index (χ2n) is 1.76. The van der Waals surface area contributed by atoms with E-state index in [1.807, 2.05) is 18.2 Å². The molecule has 2 nitrogen and oxygen atoms in total. The maximum atomic E-state index is 10.3. The minimum absolute atomic E-state index is 0.564. The number of hydrogen-bond acceptors (Lipinski definition) is 1. The SMILES string of the molecule is O=C(Cl)Nc1ccccc1. The first-order valence-corrected chi connectivity index (χ1v) is 3.18. The van der Waals surface area contributed by atoms with Crippen LogP contribution in [0.5, 0.6) is 0 Å². The summed E-state index contributed by atoms with van der Waals surface area (Å²) in [6.45, 7) is 0. The monoisotopic (exact) mass is 155 g/mol. The van der Waals surface area contributed by atoms with E-state index in [0.717, 1.165) is 0 Å². The Morgan fingerprint density at radius 1 is 1.30 bits per heavy atom. The molecule has 0 saturated heterocycles. The molecule has 0 saturated carbocycles. The lowest BCUT2D eigenvalue weighted by atomic mass is 10.3. The number of carbonyl (C=O) groups is 1. The van der Waals surface area contributed by atoms with Crippen molar-refractivity contribution in [1.82, 2.24) is 0 Å². The Kier molecular flexibility index (Phi) is 2.29. The van der Waals surface area contributed by atoms with Gasteiger partial charge in [0.15, 0.2) is 0 Å². The third kappa shape index (κ3) is 2.07. The lowest BCUT2D eigenvalue weighted by Gasteiger charge is -1.96. The number of hydrogen-bond donors (Lipinski definition) is 1. The maximum Gasteiger partial charge on any atom is 0.318 e. The summed E-state index contributed by atoms with van der Waals surface area (Å²) in [6, 6.07) is 9.04. The minimum atomic E-state index is -0.564. The van der Waals surface area contributed by atoms with Gasteiger partial charge in [-0.2, -0.15) is 0 Å². The second-order valence-corrected chi connectivity index (χ2v) is 2.11. The first-order valence-electron chi connectivity index (χ1n) is 2.80. The van der Waals surface area contributed by atoms with Gasteiger partial charge >= 0.3 is 5.37 Å². The molecule has 3 heteroatoms. The number of amides is 1. The van der Waals surface area contributed by atoms with Crippen LogP contribution in [0.3, 0.4) is 0 Å². The summed E-state index contributed by atoms with van der Waals surface area (Å²) in [7, 11) is 0. The van der Waals surface area contributed by atoms with E-state index in [1.54, 1.807) is 12.1 Å². The van der Waals surface area contributed by atoms with Crippen LogP contribution in [0.25, 0.3) is 0 Å². The van der Waals surface area contributed by atoms with E-state index in [1.165, 1.54) is 0 Å². The molecule has 0 aliphatic heterocycles. The van der Waals surface area contributed by atoms with E-state index >= 15 is 0 Å². The van der Waals surface area contributed by atoms with Crippen molar-refractivity contribution < 1.29 is 4.79 Å². The predicted octanol–water partition coefficient (Wildman–Crippen LogP) is 2.46. The molecule has 0 fully saturated rings. The first kappa shape index (κ1) is 7.09. The molecule has 0 spiro atoms. The molecule has 1 N–H and O–H groups in total. The highest BCUT2D eigenvalue weighted by molar-refractivity contribution is 6.65.